The Kier molecular flexibility index (Phi) is 13.7. The van der Waals surface area contributed by atoms with Gasteiger partial charge in [0.1, 0.15) is 0 Å². The van der Waals surface area contributed by atoms with Crippen LogP contribution in [0.2, 0.25) is 0 Å². The van der Waals surface area contributed by atoms with Crippen LogP contribution >= 0.6 is 0 Å². The Bertz CT molecular complexity index is 2250. The Morgan fingerprint density at radius 1 is 0.926 bits per heavy atom. The van der Waals surface area contributed by atoms with E-state index in [1.54, 1.807) is 25.1 Å². The molecule has 0 aliphatic carbocycles. The molecule has 3 atom stereocenters. The smallest absolute Gasteiger partial charge is 0.657 e. The molecule has 15 heteroatoms. The molecule has 2 aliphatic rings. The minimum atomic E-state index is -1.97. The van der Waals surface area contributed by atoms with Gasteiger partial charge in [-0.25, -0.2) is 4.98 Å². The van der Waals surface area contributed by atoms with Crippen LogP contribution in [0.4, 0.5) is 0 Å². The summed E-state index contributed by atoms with van der Waals surface area (Å²) in [6.45, 7) is 13.0. The van der Waals surface area contributed by atoms with Crippen LogP contribution in [-0.4, -0.2) is 45.8 Å². The monoisotopic (exact) mass is 918 g/mol. The molecule has 54 heavy (non-hydrogen) atoms. The number of amides is 1. The molecule has 3 aromatic heterocycles. The molecule has 2 aliphatic heterocycles. The first-order chi connectivity index (χ1) is 24.6. The maximum absolute atomic E-state index is 13.5. The molecule has 0 spiro atoms. The summed E-state index contributed by atoms with van der Waals surface area (Å²) in [6.07, 6.45) is 0.0207. The molecule has 0 unspecified atom stereocenters. The number of allylic oxidation sites excluding steroid dienone is 2. The number of carbonyl (C=O) groups excluding carboxylic acids is 5. The van der Waals surface area contributed by atoms with Crippen molar-refractivity contribution in [3.8, 4) is 0 Å². The van der Waals surface area contributed by atoms with Gasteiger partial charge in [-0.15, -0.1) is 22.1 Å². The van der Waals surface area contributed by atoms with Crippen LogP contribution < -0.4 is 35.7 Å². The molecule has 0 saturated carbocycles. The normalized spacial score (nSPS) is 15.4. The molecule has 3 aromatic rings. The second kappa shape index (κ2) is 17.2. The SMILES string of the molecule is C.C=Cc1c(C)c2cc3nc(c(CC(=O)N[C@@H](CC(=O)[O-])C(=O)[O-])c4[n-]c(cc5nc(cc1[n-]2)C(C)=C5CC)c(C)c4C(=O)[O-])[C@@H](CCC(=O)[O-])[C@@H]3C.[Au+]. The number of carboxylic acids is 4. The fourth-order valence-electron chi connectivity index (χ4n) is 6.96. The molecule has 290 valence electrons. The van der Waals surface area contributed by atoms with Crippen LogP contribution in [0, 0.1) is 13.8 Å². The van der Waals surface area contributed by atoms with Crippen LogP contribution in [0.5, 0.6) is 0 Å². The van der Waals surface area contributed by atoms with Crippen LogP contribution in [0.1, 0.15) is 121 Å². The van der Waals surface area contributed by atoms with Gasteiger partial charge in [0, 0.05) is 41.6 Å². The summed E-state index contributed by atoms with van der Waals surface area (Å²) in [5.41, 5.74) is 5.99. The Morgan fingerprint density at radius 3 is 2.15 bits per heavy atom. The number of aromatic carboxylic acids is 1. The van der Waals surface area contributed by atoms with Crippen molar-refractivity contribution in [1.82, 2.24) is 25.3 Å². The third-order valence-electron chi connectivity index (χ3n) is 9.77. The summed E-state index contributed by atoms with van der Waals surface area (Å²) >= 11 is 0. The van der Waals surface area contributed by atoms with Crippen molar-refractivity contribution in [3.05, 3.63) is 75.4 Å². The molecule has 0 radical (unpaired) electrons. The fraction of sp³-hybridized carbons (Fsp3) is 0.359. The summed E-state index contributed by atoms with van der Waals surface area (Å²) in [5.74, 6) is -8.82. The van der Waals surface area contributed by atoms with Crippen molar-refractivity contribution in [2.45, 2.75) is 92.0 Å². The third kappa shape index (κ3) is 8.40. The van der Waals surface area contributed by atoms with Crippen molar-refractivity contribution in [2.75, 3.05) is 0 Å². The van der Waals surface area contributed by atoms with Gasteiger partial charge in [-0.1, -0.05) is 63.3 Å². The van der Waals surface area contributed by atoms with Gasteiger partial charge in [0.25, 0.3) is 0 Å². The van der Waals surface area contributed by atoms with Gasteiger partial charge in [0.15, 0.2) is 0 Å². The van der Waals surface area contributed by atoms with Crippen molar-refractivity contribution in [2.24, 2.45) is 0 Å². The first kappa shape index (κ1) is 43.1. The van der Waals surface area contributed by atoms with E-state index in [1.165, 1.54) is 6.92 Å². The standard InChI is InChI=1S/C38H41N5O9.CH4.Au/c1-7-20-16(3)24-12-26-18(5)22(9-10-32(45)46)35(42-26)23(11-31(44)41-30(37(49)50)15-33(47)48)36-34(38(51)52)19(6)27(43-36)14-29-21(8-2)17(4)25(40-29)13-28(20)39-24;;/h7,12-14,18,22,30H,1,8-11,15H2,2-6H3,(H7,39,40,41,42,43,44,45,46,47,48,49,50,51,52);1H4;/q;;+1/p-6/t18-,22-,30-;;/m0../s1. The molecule has 5 rings (SSSR count). The van der Waals surface area contributed by atoms with E-state index in [0.717, 1.165) is 22.3 Å². The van der Waals surface area contributed by atoms with Gasteiger partial charge in [0.2, 0.25) is 5.91 Å². The van der Waals surface area contributed by atoms with Crippen molar-refractivity contribution in [3.63, 3.8) is 0 Å². The van der Waals surface area contributed by atoms with E-state index in [1.807, 2.05) is 26.8 Å². The molecular weight excluding hydrogens is 879 g/mol. The predicted molar refractivity (Wildman–Crippen MR) is 188 cm³/mol. The summed E-state index contributed by atoms with van der Waals surface area (Å²) in [6, 6.07) is 3.25. The summed E-state index contributed by atoms with van der Waals surface area (Å²) < 4.78 is 0. The average molecular weight is 919 g/mol. The number of aromatic nitrogens is 4. The Morgan fingerprint density at radius 2 is 1.57 bits per heavy atom. The number of fused-ring (bicyclic) bond motifs is 8. The number of nitrogens with one attached hydrogen (secondary N) is 1. The molecule has 8 bridgehead atoms. The minimum absolute atomic E-state index is 0. The number of hydrogen-bond acceptors (Lipinski definition) is 11. The zero-order valence-corrected chi connectivity index (χ0v) is 31.7. The minimum Gasteiger partial charge on any atom is -0.657 e. The summed E-state index contributed by atoms with van der Waals surface area (Å²) in [7, 11) is 0. The fourth-order valence-corrected chi connectivity index (χ4v) is 6.96. The first-order valence-electron chi connectivity index (χ1n) is 16.7. The molecule has 1 N–H and O–H groups in total. The van der Waals surface area contributed by atoms with Gasteiger partial charge in [-0.2, -0.15) is 0 Å². The molecule has 0 fully saturated rings. The first-order valence-corrected chi connectivity index (χ1v) is 16.7. The van der Waals surface area contributed by atoms with Crippen molar-refractivity contribution in [1.29, 1.82) is 0 Å². The number of rotatable bonds is 12. The third-order valence-corrected chi connectivity index (χ3v) is 9.77. The van der Waals surface area contributed by atoms with Crippen molar-refractivity contribution >= 4 is 69.1 Å². The number of aryl methyl sites for hydroxylation is 2. The van der Waals surface area contributed by atoms with Gasteiger partial charge < -0.3 is 54.9 Å². The van der Waals surface area contributed by atoms with Gasteiger partial charge in [-0.3, -0.25) is 9.78 Å². The zero-order valence-electron chi connectivity index (χ0n) is 29.5. The summed E-state index contributed by atoms with van der Waals surface area (Å²) in [5, 5.41) is 49.6. The van der Waals surface area contributed by atoms with Gasteiger partial charge in [0.05, 0.1) is 35.8 Å². The van der Waals surface area contributed by atoms with Crippen LogP contribution in [0.25, 0.3) is 39.3 Å². The second-order valence-electron chi connectivity index (χ2n) is 12.9. The van der Waals surface area contributed by atoms with Crippen LogP contribution in [0.15, 0.2) is 24.8 Å². The number of carbonyl (C=O) groups is 5. The predicted octanol–water partition coefficient (Wildman–Crippen LogP) is 0.505. The Balaban J connectivity index is 0.00000392. The average Bonchev–Trinajstić information content (AvgIpc) is 3.74. The largest absolute Gasteiger partial charge is 1.00 e. The van der Waals surface area contributed by atoms with E-state index in [4.69, 9.17) is 19.9 Å². The number of hydrogen-bond donors (Lipinski definition) is 1. The second-order valence-corrected chi connectivity index (χ2v) is 12.9. The van der Waals surface area contributed by atoms with Crippen molar-refractivity contribution < 1.29 is 66.8 Å². The number of aliphatic carboxylic acids is 3. The van der Waals surface area contributed by atoms with Gasteiger partial charge in [-0.05, 0) is 67.9 Å². The van der Waals surface area contributed by atoms with E-state index in [9.17, 15) is 44.4 Å². The van der Waals surface area contributed by atoms with Crippen LogP contribution in [-0.2, 0) is 48.0 Å². The Labute approximate surface area is 327 Å². The van der Waals surface area contributed by atoms with E-state index in [-0.39, 0.29) is 69.6 Å². The molecule has 0 saturated heterocycles. The van der Waals surface area contributed by atoms with E-state index in [0.29, 0.717) is 34.5 Å². The Hall–Kier alpha value is -5.31. The number of nitrogens with zero attached hydrogens (tertiary/aromatic N) is 4. The maximum Gasteiger partial charge on any atom is 1.00 e. The van der Waals surface area contributed by atoms with E-state index < -0.39 is 66.9 Å². The molecule has 1 amide bonds. The molecule has 14 nitrogen and oxygen atoms in total. The quantitative estimate of drug-likeness (QED) is 0.244. The topological polar surface area (TPSA) is 244 Å². The molecule has 5 heterocycles. The molecular formula is C39H39AuN5O9-5. The van der Waals surface area contributed by atoms with E-state index in [2.05, 4.69) is 11.9 Å². The van der Waals surface area contributed by atoms with Crippen LogP contribution in [0.3, 0.4) is 0 Å². The van der Waals surface area contributed by atoms with Gasteiger partial charge >= 0.3 is 22.4 Å². The maximum atomic E-state index is 13.5. The zero-order chi connectivity index (χ0) is 38.2. The number of carboxylic acid groups (broad SMARTS) is 4. The van der Waals surface area contributed by atoms with E-state index >= 15 is 0 Å². The molecule has 0 aromatic carbocycles. The summed E-state index contributed by atoms with van der Waals surface area (Å²) in [4.78, 5) is 80.3.